The van der Waals surface area contributed by atoms with E-state index in [2.05, 4.69) is 41.5 Å². The molecular weight excluding hydrogens is 513 g/mol. The van der Waals surface area contributed by atoms with E-state index in [0.29, 0.717) is 41.9 Å². The van der Waals surface area contributed by atoms with E-state index in [1.807, 2.05) is 6.92 Å². The second-order valence-corrected chi connectivity index (χ2v) is 8.72. The van der Waals surface area contributed by atoms with Crippen molar-refractivity contribution in [1.82, 2.24) is 25.0 Å². The molecule has 3 aromatic heterocycles. The number of carbonyl (C=O) groups is 1. The minimum Gasteiger partial charge on any atom is -0.374 e. The SMILES string of the molecule is Cc1ccc(Cl)c(-c2nnc(N)s2)c1NC(=O)c1cc(Br)nn1-c1ncccc1Cl. The number of carbonyl (C=O) groups excluding carboxylic acids is 1. The largest absolute Gasteiger partial charge is 0.374 e. The molecule has 0 aliphatic heterocycles. The van der Waals surface area contributed by atoms with Crippen LogP contribution < -0.4 is 11.1 Å². The predicted molar refractivity (Wildman–Crippen MR) is 122 cm³/mol. The Morgan fingerprint density at radius 2 is 2.03 bits per heavy atom. The molecule has 1 amide bonds. The van der Waals surface area contributed by atoms with Crippen molar-refractivity contribution in [3.63, 3.8) is 0 Å². The second-order valence-electron chi connectivity index (χ2n) is 6.09. The van der Waals surface area contributed by atoms with Gasteiger partial charge in [-0.25, -0.2) is 9.67 Å². The van der Waals surface area contributed by atoms with Crippen LogP contribution in [0.5, 0.6) is 0 Å². The fourth-order valence-corrected chi connectivity index (χ4v) is 4.33. The summed E-state index contributed by atoms with van der Waals surface area (Å²) in [5.74, 6) is -0.103. The number of halogens is 3. The lowest BCUT2D eigenvalue weighted by Crippen LogP contribution is -2.19. The molecule has 4 rings (SSSR count). The van der Waals surface area contributed by atoms with Gasteiger partial charge in [0.25, 0.3) is 5.91 Å². The van der Waals surface area contributed by atoms with Gasteiger partial charge in [-0.1, -0.05) is 40.6 Å². The fraction of sp³-hybridized carbons (Fsp3) is 0.0556. The van der Waals surface area contributed by atoms with Crippen LogP contribution >= 0.6 is 50.5 Å². The third-order valence-electron chi connectivity index (χ3n) is 4.11. The Hall–Kier alpha value is -2.53. The van der Waals surface area contributed by atoms with Crippen LogP contribution in [0.15, 0.2) is 41.1 Å². The summed E-state index contributed by atoms with van der Waals surface area (Å²) in [7, 11) is 0. The van der Waals surface area contributed by atoms with Gasteiger partial charge in [0.15, 0.2) is 10.8 Å². The Morgan fingerprint density at radius 1 is 1.23 bits per heavy atom. The normalized spacial score (nSPS) is 10.9. The van der Waals surface area contributed by atoms with Gasteiger partial charge in [0, 0.05) is 12.3 Å². The Kier molecular flexibility index (Phi) is 5.74. The molecule has 30 heavy (non-hydrogen) atoms. The van der Waals surface area contributed by atoms with E-state index in [0.717, 1.165) is 5.56 Å². The number of hydrogen-bond acceptors (Lipinski definition) is 7. The maximum Gasteiger partial charge on any atom is 0.274 e. The van der Waals surface area contributed by atoms with Crippen LogP contribution in [-0.2, 0) is 0 Å². The zero-order valence-corrected chi connectivity index (χ0v) is 19.1. The first-order chi connectivity index (χ1) is 14.3. The Labute approximate surface area is 193 Å². The van der Waals surface area contributed by atoms with Crippen LogP contribution in [0.2, 0.25) is 10.0 Å². The van der Waals surface area contributed by atoms with Gasteiger partial charge in [-0.15, -0.1) is 10.2 Å². The molecule has 0 fully saturated rings. The summed E-state index contributed by atoms with van der Waals surface area (Å²) in [6.45, 7) is 1.85. The van der Waals surface area contributed by atoms with E-state index >= 15 is 0 Å². The Balaban J connectivity index is 1.78. The minimum atomic E-state index is -0.431. The van der Waals surface area contributed by atoms with Crippen molar-refractivity contribution in [3.05, 3.63) is 62.4 Å². The van der Waals surface area contributed by atoms with Crippen molar-refractivity contribution in [2.24, 2.45) is 0 Å². The molecule has 12 heteroatoms. The van der Waals surface area contributed by atoms with E-state index in [1.54, 1.807) is 36.5 Å². The number of amides is 1. The molecule has 0 radical (unpaired) electrons. The van der Waals surface area contributed by atoms with Crippen molar-refractivity contribution < 1.29 is 4.79 Å². The van der Waals surface area contributed by atoms with Crippen LogP contribution in [0.25, 0.3) is 16.4 Å². The van der Waals surface area contributed by atoms with E-state index in [-0.39, 0.29) is 5.69 Å². The molecular formula is C18H12BrCl2N7OS. The van der Waals surface area contributed by atoms with Crippen molar-refractivity contribution in [2.45, 2.75) is 6.92 Å². The lowest BCUT2D eigenvalue weighted by Gasteiger charge is -2.14. The molecule has 0 atom stereocenters. The molecule has 0 unspecified atom stereocenters. The standard InChI is InChI=1S/C18H12BrCl2N7OS/c1-8-4-5-9(20)13(17-25-26-18(22)30-17)14(8)24-16(29)11-7-12(19)27-28(11)15-10(21)3-2-6-23-15/h2-7H,1H3,(H2,22,26)(H,24,29). The van der Waals surface area contributed by atoms with Crippen molar-refractivity contribution in [3.8, 4) is 16.4 Å². The van der Waals surface area contributed by atoms with Gasteiger partial charge in [0.2, 0.25) is 5.13 Å². The number of hydrogen-bond donors (Lipinski definition) is 2. The molecule has 4 aromatic rings. The molecule has 0 saturated heterocycles. The van der Waals surface area contributed by atoms with E-state index in [1.165, 1.54) is 16.0 Å². The lowest BCUT2D eigenvalue weighted by atomic mass is 10.1. The summed E-state index contributed by atoms with van der Waals surface area (Å²) in [4.78, 5) is 17.4. The number of nitrogen functional groups attached to an aromatic ring is 1. The number of aryl methyl sites for hydroxylation is 1. The third-order valence-corrected chi connectivity index (χ3v) is 5.88. The van der Waals surface area contributed by atoms with Crippen molar-refractivity contribution in [1.29, 1.82) is 0 Å². The number of rotatable bonds is 4. The summed E-state index contributed by atoms with van der Waals surface area (Å²) in [5, 5.41) is 16.7. The number of nitrogens with two attached hydrogens (primary N) is 1. The highest BCUT2D eigenvalue weighted by atomic mass is 79.9. The van der Waals surface area contributed by atoms with Crippen LogP contribution in [0, 0.1) is 6.92 Å². The Morgan fingerprint density at radius 3 is 2.73 bits per heavy atom. The van der Waals surface area contributed by atoms with Gasteiger partial charge in [0.1, 0.15) is 10.3 Å². The highest BCUT2D eigenvalue weighted by molar-refractivity contribution is 9.10. The number of nitrogens with zero attached hydrogens (tertiary/aromatic N) is 5. The quantitative estimate of drug-likeness (QED) is 0.388. The van der Waals surface area contributed by atoms with Crippen LogP contribution in [0.1, 0.15) is 16.1 Å². The predicted octanol–water partition coefficient (Wildman–Crippen LogP) is 5.00. The van der Waals surface area contributed by atoms with E-state index in [4.69, 9.17) is 28.9 Å². The summed E-state index contributed by atoms with van der Waals surface area (Å²) in [6.07, 6.45) is 1.57. The number of aromatic nitrogens is 5. The summed E-state index contributed by atoms with van der Waals surface area (Å²) < 4.78 is 1.82. The first-order valence-corrected chi connectivity index (χ1v) is 10.8. The first-order valence-electron chi connectivity index (χ1n) is 8.41. The molecule has 3 N–H and O–H groups in total. The molecule has 0 bridgehead atoms. The second kappa shape index (κ2) is 8.31. The van der Waals surface area contributed by atoms with E-state index in [9.17, 15) is 4.79 Å². The third kappa shape index (κ3) is 3.91. The van der Waals surface area contributed by atoms with Crippen LogP contribution in [0.3, 0.4) is 0 Å². The van der Waals surface area contributed by atoms with Gasteiger partial charge in [0.05, 0.1) is 21.3 Å². The van der Waals surface area contributed by atoms with Gasteiger partial charge in [-0.2, -0.15) is 5.10 Å². The van der Waals surface area contributed by atoms with E-state index < -0.39 is 5.91 Å². The molecule has 1 aromatic carbocycles. The average Bonchev–Trinajstić information content (AvgIpc) is 3.31. The number of nitrogens with one attached hydrogen (secondary N) is 1. The molecule has 0 aliphatic carbocycles. The molecule has 0 saturated carbocycles. The number of anilines is 2. The number of pyridine rings is 1. The van der Waals surface area contributed by atoms with Crippen molar-refractivity contribution in [2.75, 3.05) is 11.1 Å². The fourth-order valence-electron chi connectivity index (χ4n) is 2.77. The molecule has 152 valence electrons. The highest BCUT2D eigenvalue weighted by Gasteiger charge is 2.22. The molecule has 0 spiro atoms. The topological polar surface area (TPSA) is 112 Å². The Bertz CT molecular complexity index is 1270. The molecule has 3 heterocycles. The highest BCUT2D eigenvalue weighted by Crippen LogP contribution is 2.39. The smallest absolute Gasteiger partial charge is 0.274 e. The van der Waals surface area contributed by atoms with Crippen molar-refractivity contribution >= 4 is 67.2 Å². The zero-order valence-electron chi connectivity index (χ0n) is 15.2. The summed E-state index contributed by atoms with van der Waals surface area (Å²) >= 11 is 17.1. The summed E-state index contributed by atoms with van der Waals surface area (Å²) in [6, 6.07) is 8.46. The minimum absolute atomic E-state index is 0.226. The van der Waals surface area contributed by atoms with Gasteiger partial charge >= 0.3 is 0 Å². The van der Waals surface area contributed by atoms with Gasteiger partial charge in [-0.05, 0) is 46.6 Å². The number of benzene rings is 1. The maximum absolute atomic E-state index is 13.2. The summed E-state index contributed by atoms with van der Waals surface area (Å²) in [5.41, 5.74) is 7.78. The van der Waals surface area contributed by atoms with Crippen LogP contribution in [0.4, 0.5) is 10.8 Å². The van der Waals surface area contributed by atoms with Gasteiger partial charge < -0.3 is 11.1 Å². The maximum atomic E-state index is 13.2. The lowest BCUT2D eigenvalue weighted by molar-refractivity contribution is 0.101. The van der Waals surface area contributed by atoms with Gasteiger partial charge in [-0.3, -0.25) is 4.79 Å². The van der Waals surface area contributed by atoms with Crippen LogP contribution in [-0.4, -0.2) is 30.9 Å². The molecule has 0 aliphatic rings. The average molecular weight is 525 g/mol. The monoisotopic (exact) mass is 523 g/mol. The molecule has 8 nitrogen and oxygen atoms in total. The zero-order chi connectivity index (χ0) is 21.4. The first kappa shape index (κ1) is 20.7.